The van der Waals surface area contributed by atoms with E-state index in [4.69, 9.17) is 11.6 Å². The van der Waals surface area contributed by atoms with Gasteiger partial charge in [-0.2, -0.15) is 0 Å². The van der Waals surface area contributed by atoms with Gasteiger partial charge >= 0.3 is 0 Å². The van der Waals surface area contributed by atoms with Crippen molar-refractivity contribution in [2.75, 3.05) is 0 Å². The zero-order valence-corrected chi connectivity index (χ0v) is 17.2. The molecule has 2 heterocycles. The van der Waals surface area contributed by atoms with E-state index in [-0.39, 0.29) is 27.0 Å². The second-order valence-electron chi connectivity index (χ2n) is 6.76. The Kier molecular flexibility index (Phi) is 5.40. The van der Waals surface area contributed by atoms with Gasteiger partial charge in [-0.05, 0) is 54.4 Å². The van der Waals surface area contributed by atoms with Gasteiger partial charge < -0.3 is 4.40 Å². The van der Waals surface area contributed by atoms with E-state index in [9.17, 15) is 17.6 Å². The highest BCUT2D eigenvalue weighted by molar-refractivity contribution is 7.91. The second kappa shape index (κ2) is 8.01. The minimum Gasteiger partial charge on any atom is -0.306 e. The monoisotopic (exact) mass is 442 g/mol. The molecule has 0 aliphatic carbocycles. The molecule has 0 N–H and O–H groups in total. The van der Waals surface area contributed by atoms with E-state index >= 15 is 0 Å². The molecule has 4 rings (SSSR count). The summed E-state index contributed by atoms with van der Waals surface area (Å²) in [7, 11) is -3.95. The maximum Gasteiger partial charge on any atom is 0.208 e. The van der Waals surface area contributed by atoms with E-state index in [1.807, 2.05) is 0 Å². The number of hydrogen-bond acceptors (Lipinski definition) is 4. The van der Waals surface area contributed by atoms with Gasteiger partial charge in [-0.15, -0.1) is 0 Å². The van der Waals surface area contributed by atoms with Crippen molar-refractivity contribution in [2.45, 2.75) is 22.6 Å². The lowest BCUT2D eigenvalue weighted by molar-refractivity contribution is 0.0982. The fourth-order valence-corrected chi connectivity index (χ4v) is 4.90. The van der Waals surface area contributed by atoms with E-state index in [1.54, 1.807) is 47.3 Å². The molecule has 8 heteroatoms. The van der Waals surface area contributed by atoms with Crippen LogP contribution in [0.25, 0.3) is 5.65 Å². The van der Waals surface area contributed by atoms with Crippen molar-refractivity contribution in [2.24, 2.45) is 0 Å². The molecule has 0 spiro atoms. The van der Waals surface area contributed by atoms with Crippen molar-refractivity contribution in [1.29, 1.82) is 0 Å². The van der Waals surface area contributed by atoms with Gasteiger partial charge in [0.1, 0.15) is 11.5 Å². The minimum absolute atomic E-state index is 0.00985. The molecule has 0 atom stereocenters. The number of nitrogens with zero attached hydrogens (tertiary/aromatic N) is 2. The van der Waals surface area contributed by atoms with Gasteiger partial charge in [0, 0.05) is 30.6 Å². The van der Waals surface area contributed by atoms with Gasteiger partial charge in [0.15, 0.2) is 5.78 Å². The molecule has 30 heavy (non-hydrogen) atoms. The first-order valence-electron chi connectivity index (χ1n) is 9.09. The number of carbonyl (C=O) groups excluding carboxylic acids is 1. The summed E-state index contributed by atoms with van der Waals surface area (Å²) in [5.74, 6) is -0.698. The first kappa shape index (κ1) is 20.3. The molecule has 0 unspecified atom stereocenters. The number of imidazole rings is 1. The number of pyridine rings is 1. The van der Waals surface area contributed by atoms with Crippen molar-refractivity contribution in [3.63, 3.8) is 0 Å². The molecule has 5 nitrogen and oxygen atoms in total. The maximum absolute atomic E-state index is 13.5. The molecule has 152 valence electrons. The Hall–Kier alpha value is -3.03. The van der Waals surface area contributed by atoms with Crippen LogP contribution >= 0.6 is 11.6 Å². The molecule has 0 bridgehead atoms. The third kappa shape index (κ3) is 3.99. The molecule has 2 aromatic heterocycles. The van der Waals surface area contributed by atoms with Gasteiger partial charge in [0.05, 0.1) is 14.8 Å². The summed E-state index contributed by atoms with van der Waals surface area (Å²) in [6, 6.07) is 12.9. The minimum atomic E-state index is -3.95. The van der Waals surface area contributed by atoms with Crippen molar-refractivity contribution >= 4 is 32.9 Å². The average Bonchev–Trinajstić information content (AvgIpc) is 3.22. The topological polar surface area (TPSA) is 68.5 Å². The van der Waals surface area contributed by atoms with E-state index in [2.05, 4.69) is 4.98 Å². The highest BCUT2D eigenvalue weighted by atomic mass is 35.5. The highest BCUT2D eigenvalue weighted by Gasteiger charge is 2.21. The molecule has 2 aromatic carbocycles. The van der Waals surface area contributed by atoms with Crippen LogP contribution in [-0.4, -0.2) is 23.6 Å². The number of carbonyl (C=O) groups is 1. The number of halogens is 2. The van der Waals surface area contributed by atoms with Crippen molar-refractivity contribution in [3.8, 4) is 0 Å². The number of ketones is 1. The fourth-order valence-electron chi connectivity index (χ4n) is 3.13. The summed E-state index contributed by atoms with van der Waals surface area (Å²) in [4.78, 5) is 16.4. The lowest BCUT2D eigenvalue weighted by atomic mass is 10.0. The number of Topliss-reactive ketones (excluding diaryl/α,β-unsaturated/α-hetero) is 1. The lowest BCUT2D eigenvalue weighted by Gasteiger charge is -2.08. The summed E-state index contributed by atoms with van der Waals surface area (Å²) >= 11 is 5.94. The molecular formula is C22H16ClFN2O3S. The Labute approximate surface area is 177 Å². The van der Waals surface area contributed by atoms with Crippen molar-refractivity contribution in [1.82, 2.24) is 9.38 Å². The highest BCUT2D eigenvalue weighted by Crippen LogP contribution is 2.28. The van der Waals surface area contributed by atoms with Crippen molar-refractivity contribution in [3.05, 3.63) is 95.2 Å². The fraction of sp³-hybridized carbons (Fsp3) is 0.0909. The first-order chi connectivity index (χ1) is 14.3. The summed E-state index contributed by atoms with van der Waals surface area (Å²) in [5, 5.41) is -0.0408. The van der Waals surface area contributed by atoms with Crippen molar-refractivity contribution < 1.29 is 17.6 Å². The Morgan fingerprint density at radius 2 is 1.83 bits per heavy atom. The summed E-state index contributed by atoms with van der Waals surface area (Å²) in [5.41, 5.74) is 2.17. The van der Waals surface area contributed by atoms with Crippen LogP contribution in [0.3, 0.4) is 0 Å². The van der Waals surface area contributed by atoms with E-state index in [0.29, 0.717) is 12.0 Å². The molecular weight excluding hydrogens is 427 g/mol. The maximum atomic E-state index is 13.5. The van der Waals surface area contributed by atoms with Gasteiger partial charge in [0.25, 0.3) is 0 Å². The Morgan fingerprint density at radius 1 is 1.07 bits per heavy atom. The summed E-state index contributed by atoms with van der Waals surface area (Å²) in [6.45, 7) is 0. The quantitative estimate of drug-likeness (QED) is 0.403. The molecule has 0 radical (unpaired) electrons. The summed E-state index contributed by atoms with van der Waals surface area (Å²) in [6.07, 6.45) is 5.92. The van der Waals surface area contributed by atoms with Gasteiger partial charge in [0.2, 0.25) is 9.84 Å². The van der Waals surface area contributed by atoms with Crippen LogP contribution in [0, 0.1) is 5.82 Å². The normalized spacial score (nSPS) is 11.7. The molecule has 0 saturated heterocycles. The first-order valence-corrected chi connectivity index (χ1v) is 11.0. The van der Waals surface area contributed by atoms with Gasteiger partial charge in [-0.3, -0.25) is 4.79 Å². The Morgan fingerprint density at radius 3 is 2.60 bits per heavy atom. The van der Waals surface area contributed by atoms with Crippen LogP contribution in [0.2, 0.25) is 5.02 Å². The van der Waals surface area contributed by atoms with E-state index in [0.717, 1.165) is 23.3 Å². The zero-order chi connectivity index (χ0) is 21.3. The van der Waals surface area contributed by atoms with Crippen LogP contribution in [0.1, 0.15) is 22.3 Å². The van der Waals surface area contributed by atoms with E-state index < -0.39 is 15.7 Å². The predicted octanol–water partition coefficient (Wildman–Crippen LogP) is 4.78. The van der Waals surface area contributed by atoms with Crippen LogP contribution in [0.4, 0.5) is 4.39 Å². The van der Waals surface area contributed by atoms with Gasteiger partial charge in [-0.25, -0.2) is 17.8 Å². The zero-order valence-electron chi connectivity index (χ0n) is 15.6. The standard InChI is InChI=1S/C22H16ClFN2O3S/c23-19-8-5-17(24)13-21(19)30(28,29)18-6-1-15(2-7-18)3-9-20(27)16-4-10-22-25-11-12-26(22)14-16/h1-2,4-8,10-14H,3,9H2. The molecule has 0 amide bonds. The van der Waals surface area contributed by atoms with Crippen LogP contribution in [-0.2, 0) is 16.3 Å². The van der Waals surface area contributed by atoms with Crippen LogP contribution < -0.4 is 0 Å². The molecule has 0 saturated carbocycles. The van der Waals surface area contributed by atoms with Crippen LogP contribution in [0.5, 0.6) is 0 Å². The SMILES string of the molecule is O=C(CCc1ccc(S(=O)(=O)c2cc(F)ccc2Cl)cc1)c1ccc2nccn2c1. The molecule has 0 aliphatic rings. The second-order valence-corrected chi connectivity index (χ2v) is 9.08. The van der Waals surface area contributed by atoms with Crippen LogP contribution in [0.15, 0.2) is 83.0 Å². The number of fused-ring (bicyclic) bond motifs is 1. The Bertz CT molecular complexity index is 1350. The lowest BCUT2D eigenvalue weighted by Crippen LogP contribution is -2.05. The Balaban J connectivity index is 1.48. The number of aryl methyl sites for hydroxylation is 1. The number of aromatic nitrogens is 2. The third-order valence-electron chi connectivity index (χ3n) is 4.77. The third-order valence-corrected chi connectivity index (χ3v) is 7.02. The molecule has 0 fully saturated rings. The molecule has 4 aromatic rings. The summed E-state index contributed by atoms with van der Waals surface area (Å²) < 4.78 is 40.7. The predicted molar refractivity (Wildman–Crippen MR) is 111 cm³/mol. The van der Waals surface area contributed by atoms with Gasteiger partial charge in [-0.1, -0.05) is 23.7 Å². The number of sulfone groups is 1. The number of hydrogen-bond donors (Lipinski definition) is 0. The van der Waals surface area contributed by atoms with E-state index in [1.165, 1.54) is 18.2 Å². The molecule has 0 aliphatic heterocycles. The number of rotatable bonds is 6. The smallest absolute Gasteiger partial charge is 0.208 e. The average molecular weight is 443 g/mol. The largest absolute Gasteiger partial charge is 0.306 e. The number of benzene rings is 2.